The summed E-state index contributed by atoms with van der Waals surface area (Å²) in [4.78, 5) is 12.8. The summed E-state index contributed by atoms with van der Waals surface area (Å²) in [5, 5.41) is 32.8. The van der Waals surface area contributed by atoms with E-state index in [4.69, 9.17) is 9.47 Å². The molecule has 0 bridgehead atoms. The molecular formula is C23H34O6. The Balaban J connectivity index is 1.97. The first-order chi connectivity index (χ1) is 13.6. The lowest BCUT2D eigenvalue weighted by molar-refractivity contribution is -0.231. The van der Waals surface area contributed by atoms with E-state index in [1.165, 1.54) is 0 Å². The van der Waals surface area contributed by atoms with Gasteiger partial charge in [-0.05, 0) is 19.8 Å². The summed E-state index contributed by atoms with van der Waals surface area (Å²) >= 11 is 0. The standard InChI is InChI=1S/C23H34O6/c1-15-10-19(26)23(13-18(15)25,21(2)11-17(24)12-22(21,3)27)14-29-20(28-4)16-8-6-5-7-9-16/h5-9,15,17,19-20,24,26-27H,10-14H2,1-4H3/t15-,17-,19-,20?,21+,22+,23-/m1/s1. The highest BCUT2D eigenvalue weighted by atomic mass is 16.7. The van der Waals surface area contributed by atoms with Gasteiger partial charge in [0.25, 0.3) is 0 Å². The van der Waals surface area contributed by atoms with Crippen LogP contribution in [0.15, 0.2) is 30.3 Å². The molecule has 0 radical (unpaired) electrons. The van der Waals surface area contributed by atoms with E-state index in [1.807, 2.05) is 44.2 Å². The van der Waals surface area contributed by atoms with Gasteiger partial charge in [0.05, 0.1) is 24.4 Å². The van der Waals surface area contributed by atoms with Crippen LogP contribution in [0.25, 0.3) is 0 Å². The van der Waals surface area contributed by atoms with E-state index in [-0.39, 0.29) is 31.1 Å². The molecule has 29 heavy (non-hydrogen) atoms. The van der Waals surface area contributed by atoms with Crippen molar-refractivity contribution < 1.29 is 29.6 Å². The molecule has 1 aromatic carbocycles. The van der Waals surface area contributed by atoms with Crippen molar-refractivity contribution in [1.29, 1.82) is 0 Å². The number of hydrogen-bond acceptors (Lipinski definition) is 6. The molecule has 162 valence electrons. The summed E-state index contributed by atoms with van der Waals surface area (Å²) in [6.45, 7) is 5.41. The van der Waals surface area contributed by atoms with Crippen molar-refractivity contribution in [3.8, 4) is 0 Å². The third kappa shape index (κ3) is 3.77. The minimum absolute atomic E-state index is 0.0411. The fraction of sp³-hybridized carbons (Fsp3) is 0.696. The Labute approximate surface area is 172 Å². The Morgan fingerprint density at radius 1 is 1.17 bits per heavy atom. The van der Waals surface area contributed by atoms with Gasteiger partial charge in [-0.15, -0.1) is 0 Å². The van der Waals surface area contributed by atoms with E-state index >= 15 is 0 Å². The van der Waals surface area contributed by atoms with Gasteiger partial charge in [-0.3, -0.25) is 4.79 Å². The maximum absolute atomic E-state index is 12.8. The fourth-order valence-electron chi connectivity index (χ4n) is 5.49. The molecule has 2 saturated carbocycles. The molecule has 1 aromatic rings. The number of hydrogen-bond donors (Lipinski definition) is 3. The first kappa shape index (κ1) is 22.4. The number of Topliss-reactive ketones (excluding diaryl/α,β-unsaturated/α-hetero) is 1. The molecule has 0 aliphatic heterocycles. The molecule has 6 heteroatoms. The van der Waals surface area contributed by atoms with Crippen molar-refractivity contribution in [3.05, 3.63) is 35.9 Å². The van der Waals surface area contributed by atoms with Crippen molar-refractivity contribution >= 4 is 5.78 Å². The zero-order valence-corrected chi connectivity index (χ0v) is 17.8. The van der Waals surface area contributed by atoms with Crippen LogP contribution in [0.4, 0.5) is 0 Å². The van der Waals surface area contributed by atoms with Crippen LogP contribution < -0.4 is 0 Å². The third-order valence-electron chi connectivity index (χ3n) is 7.60. The van der Waals surface area contributed by atoms with Gasteiger partial charge in [0.15, 0.2) is 6.29 Å². The van der Waals surface area contributed by atoms with Crippen LogP contribution >= 0.6 is 0 Å². The number of aliphatic hydroxyl groups excluding tert-OH is 2. The van der Waals surface area contributed by atoms with Gasteiger partial charge in [0.1, 0.15) is 5.78 Å². The summed E-state index contributed by atoms with van der Waals surface area (Å²) < 4.78 is 11.7. The minimum Gasteiger partial charge on any atom is -0.393 e. The SMILES string of the molecule is COC(OC[C@]1([C@@]2(C)C[C@@H](O)C[C@]2(C)O)CC(=O)[C@H](C)C[C@H]1O)c1ccccc1. The van der Waals surface area contributed by atoms with Gasteiger partial charge < -0.3 is 24.8 Å². The normalized spacial score (nSPS) is 41.5. The summed E-state index contributed by atoms with van der Waals surface area (Å²) in [6.07, 6.45) is -1.28. The number of ether oxygens (including phenoxy) is 2. The second-order valence-electron chi connectivity index (χ2n) is 9.41. The predicted molar refractivity (Wildman–Crippen MR) is 108 cm³/mol. The zero-order valence-electron chi connectivity index (χ0n) is 17.8. The maximum atomic E-state index is 12.8. The van der Waals surface area contributed by atoms with Crippen LogP contribution in [-0.2, 0) is 14.3 Å². The number of rotatable bonds is 6. The van der Waals surface area contributed by atoms with E-state index in [9.17, 15) is 20.1 Å². The van der Waals surface area contributed by atoms with Crippen LogP contribution in [0.2, 0.25) is 0 Å². The average molecular weight is 407 g/mol. The van der Waals surface area contributed by atoms with Crippen molar-refractivity contribution in [2.45, 2.75) is 70.6 Å². The zero-order chi connectivity index (χ0) is 21.4. The molecule has 2 fully saturated rings. The van der Waals surface area contributed by atoms with E-state index in [0.717, 1.165) is 5.56 Å². The molecular weight excluding hydrogens is 372 g/mol. The fourth-order valence-corrected chi connectivity index (χ4v) is 5.49. The minimum atomic E-state index is -1.24. The first-order valence-electron chi connectivity index (χ1n) is 10.4. The van der Waals surface area contributed by atoms with Crippen molar-refractivity contribution in [2.24, 2.45) is 16.7 Å². The molecule has 0 amide bonds. The van der Waals surface area contributed by atoms with Crippen molar-refractivity contribution in [1.82, 2.24) is 0 Å². The molecule has 7 atom stereocenters. The van der Waals surface area contributed by atoms with E-state index in [1.54, 1.807) is 14.0 Å². The van der Waals surface area contributed by atoms with Gasteiger partial charge in [-0.25, -0.2) is 0 Å². The number of carbonyl (C=O) groups excluding carboxylic acids is 1. The predicted octanol–water partition coefficient (Wildman–Crippen LogP) is 2.61. The van der Waals surface area contributed by atoms with Crippen LogP contribution in [0, 0.1) is 16.7 Å². The van der Waals surface area contributed by atoms with Crippen molar-refractivity contribution in [3.63, 3.8) is 0 Å². The molecule has 0 aromatic heterocycles. The molecule has 3 N–H and O–H groups in total. The van der Waals surface area contributed by atoms with E-state index in [0.29, 0.717) is 12.8 Å². The molecule has 0 spiro atoms. The third-order valence-corrected chi connectivity index (χ3v) is 7.60. The topological polar surface area (TPSA) is 96.2 Å². The summed E-state index contributed by atoms with van der Waals surface area (Å²) in [6, 6.07) is 9.47. The van der Waals surface area contributed by atoms with Crippen LogP contribution in [0.3, 0.4) is 0 Å². The highest BCUT2D eigenvalue weighted by molar-refractivity contribution is 5.82. The number of ketones is 1. The van der Waals surface area contributed by atoms with E-state index < -0.39 is 34.9 Å². The maximum Gasteiger partial charge on any atom is 0.183 e. The van der Waals surface area contributed by atoms with Crippen LogP contribution in [0.1, 0.15) is 58.3 Å². The number of benzene rings is 1. The van der Waals surface area contributed by atoms with Gasteiger partial charge in [-0.2, -0.15) is 0 Å². The van der Waals surface area contributed by atoms with Crippen LogP contribution in [-0.4, -0.2) is 52.6 Å². The molecule has 3 rings (SSSR count). The number of carbonyl (C=O) groups is 1. The first-order valence-corrected chi connectivity index (χ1v) is 10.4. The monoisotopic (exact) mass is 406 g/mol. The number of methoxy groups -OCH3 is 1. The molecule has 6 nitrogen and oxygen atoms in total. The smallest absolute Gasteiger partial charge is 0.183 e. The Bertz CT molecular complexity index is 719. The Hall–Kier alpha value is -1.31. The Morgan fingerprint density at radius 2 is 1.83 bits per heavy atom. The summed E-state index contributed by atoms with van der Waals surface area (Å²) in [7, 11) is 1.55. The second kappa shape index (κ2) is 8.08. The van der Waals surface area contributed by atoms with Gasteiger partial charge in [0.2, 0.25) is 0 Å². The molecule has 2 aliphatic carbocycles. The summed E-state index contributed by atoms with van der Waals surface area (Å²) in [5.41, 5.74) is -2.34. The van der Waals surface area contributed by atoms with Gasteiger partial charge in [-0.1, -0.05) is 44.2 Å². The Morgan fingerprint density at radius 3 is 2.38 bits per heavy atom. The Kier molecular flexibility index (Phi) is 6.23. The second-order valence-corrected chi connectivity index (χ2v) is 9.41. The molecule has 1 unspecified atom stereocenters. The molecule has 0 heterocycles. The average Bonchev–Trinajstić information content (AvgIpc) is 2.88. The molecule has 2 aliphatic rings. The largest absolute Gasteiger partial charge is 0.393 e. The van der Waals surface area contributed by atoms with Crippen LogP contribution in [0.5, 0.6) is 0 Å². The highest BCUT2D eigenvalue weighted by Gasteiger charge is 2.66. The summed E-state index contributed by atoms with van der Waals surface area (Å²) in [5.74, 6) is -0.198. The lowest BCUT2D eigenvalue weighted by atomic mass is 9.51. The number of aliphatic hydroxyl groups is 3. The van der Waals surface area contributed by atoms with Gasteiger partial charge >= 0.3 is 0 Å². The van der Waals surface area contributed by atoms with E-state index in [2.05, 4.69) is 0 Å². The quantitative estimate of drug-likeness (QED) is 0.629. The highest BCUT2D eigenvalue weighted by Crippen LogP contribution is 2.62. The lowest BCUT2D eigenvalue weighted by Gasteiger charge is -2.56. The lowest BCUT2D eigenvalue weighted by Crippen LogP contribution is -2.62. The van der Waals surface area contributed by atoms with Crippen molar-refractivity contribution in [2.75, 3.05) is 13.7 Å². The molecule has 0 saturated heterocycles. The van der Waals surface area contributed by atoms with Gasteiger partial charge in [0, 0.05) is 42.3 Å².